The highest BCUT2D eigenvalue weighted by Gasteiger charge is 2.09. The molecule has 0 saturated carbocycles. The highest BCUT2D eigenvalue weighted by atomic mass is 79.9. The molecule has 2 aromatic carbocycles. The summed E-state index contributed by atoms with van der Waals surface area (Å²) in [5.41, 5.74) is 2.70. The lowest BCUT2D eigenvalue weighted by atomic mass is 10.1. The van der Waals surface area contributed by atoms with Gasteiger partial charge in [0.15, 0.2) is 5.13 Å². The highest BCUT2D eigenvalue weighted by molar-refractivity contribution is 9.10. The molecule has 0 spiro atoms. The average Bonchev–Trinajstić information content (AvgIpc) is 3.01. The number of nitrogens with one attached hydrogen (secondary N) is 2. The number of amides is 2. The molecule has 1 heterocycles. The Morgan fingerprint density at radius 3 is 2.67 bits per heavy atom. The summed E-state index contributed by atoms with van der Waals surface area (Å²) in [5.74, 6) is -0.0361. The quantitative estimate of drug-likeness (QED) is 0.513. The van der Waals surface area contributed by atoms with Gasteiger partial charge in [-0.2, -0.15) is 0 Å². The van der Waals surface area contributed by atoms with E-state index in [1.165, 1.54) is 11.3 Å². The van der Waals surface area contributed by atoms with Crippen molar-refractivity contribution < 1.29 is 9.59 Å². The van der Waals surface area contributed by atoms with Crippen molar-refractivity contribution in [3.63, 3.8) is 0 Å². The average molecular weight is 446 g/mol. The summed E-state index contributed by atoms with van der Waals surface area (Å²) in [6.45, 7) is 1.97. The third kappa shape index (κ3) is 5.61. The van der Waals surface area contributed by atoms with E-state index in [0.717, 1.165) is 32.4 Å². The van der Waals surface area contributed by atoms with E-state index in [9.17, 15) is 9.59 Å². The maximum absolute atomic E-state index is 12.2. The fraction of sp³-hybridized carbons (Fsp3) is 0.250. The van der Waals surface area contributed by atoms with Gasteiger partial charge in [-0.05, 0) is 48.7 Å². The molecular formula is C20H20BrN3O2S. The molecule has 0 aliphatic heterocycles. The molecule has 1 aromatic heterocycles. The molecule has 2 amide bonds. The molecule has 0 saturated heterocycles. The van der Waals surface area contributed by atoms with Crippen LogP contribution in [-0.2, 0) is 16.0 Å². The van der Waals surface area contributed by atoms with Crippen LogP contribution in [0.4, 0.5) is 10.8 Å². The van der Waals surface area contributed by atoms with E-state index in [0.29, 0.717) is 24.4 Å². The van der Waals surface area contributed by atoms with Gasteiger partial charge in [-0.15, -0.1) is 0 Å². The van der Waals surface area contributed by atoms with E-state index in [1.54, 1.807) is 0 Å². The van der Waals surface area contributed by atoms with Crippen molar-refractivity contribution in [1.82, 2.24) is 4.98 Å². The summed E-state index contributed by atoms with van der Waals surface area (Å²) < 4.78 is 1.93. The summed E-state index contributed by atoms with van der Waals surface area (Å²) in [5, 5.41) is 6.35. The standard InChI is InChI=1S/C20H20BrN3O2S/c1-2-4-18(25)24-20-23-16-9-7-13(11-17(16)27-20)8-10-19(26)22-15-6-3-5-14(21)12-15/h3,5-7,9,11-12H,2,4,8,10H2,1H3,(H,22,26)(H,23,24,25). The predicted molar refractivity (Wildman–Crippen MR) is 114 cm³/mol. The number of hydrogen-bond donors (Lipinski definition) is 2. The minimum Gasteiger partial charge on any atom is -0.326 e. The van der Waals surface area contributed by atoms with Gasteiger partial charge in [-0.25, -0.2) is 4.98 Å². The van der Waals surface area contributed by atoms with Gasteiger partial charge in [0.2, 0.25) is 11.8 Å². The summed E-state index contributed by atoms with van der Waals surface area (Å²) >= 11 is 4.85. The van der Waals surface area contributed by atoms with Crippen LogP contribution in [-0.4, -0.2) is 16.8 Å². The van der Waals surface area contributed by atoms with Crippen molar-refractivity contribution in [2.45, 2.75) is 32.6 Å². The molecule has 0 aliphatic rings. The zero-order valence-electron chi connectivity index (χ0n) is 14.9. The molecule has 5 nitrogen and oxygen atoms in total. The van der Waals surface area contributed by atoms with E-state index in [2.05, 4.69) is 31.5 Å². The Kier molecular flexibility index (Phi) is 6.58. The van der Waals surface area contributed by atoms with Gasteiger partial charge < -0.3 is 10.6 Å². The first kappa shape index (κ1) is 19.5. The van der Waals surface area contributed by atoms with Gasteiger partial charge in [0.05, 0.1) is 10.2 Å². The molecule has 3 rings (SSSR count). The van der Waals surface area contributed by atoms with Crippen LogP contribution in [0.15, 0.2) is 46.9 Å². The minimum atomic E-state index is -0.0231. The summed E-state index contributed by atoms with van der Waals surface area (Å²) in [4.78, 5) is 28.3. The number of thiazole rings is 1. The molecule has 7 heteroatoms. The van der Waals surface area contributed by atoms with Crippen LogP contribution in [0.1, 0.15) is 31.7 Å². The van der Waals surface area contributed by atoms with Crippen LogP contribution in [0, 0.1) is 0 Å². The van der Waals surface area contributed by atoms with E-state index in [-0.39, 0.29) is 11.8 Å². The monoisotopic (exact) mass is 445 g/mol. The molecule has 27 heavy (non-hydrogen) atoms. The Labute approximate surface area is 170 Å². The molecule has 140 valence electrons. The van der Waals surface area contributed by atoms with E-state index in [4.69, 9.17) is 0 Å². The van der Waals surface area contributed by atoms with Crippen molar-refractivity contribution in [3.05, 3.63) is 52.5 Å². The lowest BCUT2D eigenvalue weighted by molar-refractivity contribution is -0.117. The Morgan fingerprint density at radius 1 is 1.07 bits per heavy atom. The number of fused-ring (bicyclic) bond motifs is 1. The maximum Gasteiger partial charge on any atom is 0.226 e. The zero-order chi connectivity index (χ0) is 19.2. The number of hydrogen-bond acceptors (Lipinski definition) is 4. The van der Waals surface area contributed by atoms with Crippen molar-refractivity contribution in [2.24, 2.45) is 0 Å². The first-order chi connectivity index (χ1) is 13.0. The SMILES string of the molecule is CCCC(=O)Nc1nc2ccc(CCC(=O)Nc3cccc(Br)c3)cc2s1. The predicted octanol–water partition coefficient (Wildman–Crippen LogP) is 5.37. The van der Waals surface area contributed by atoms with E-state index >= 15 is 0 Å². The first-order valence-corrected chi connectivity index (χ1v) is 10.4. The summed E-state index contributed by atoms with van der Waals surface area (Å²) in [6.07, 6.45) is 2.35. The lowest BCUT2D eigenvalue weighted by Gasteiger charge is -2.06. The van der Waals surface area contributed by atoms with Gasteiger partial charge in [0, 0.05) is 23.0 Å². The number of carbonyl (C=O) groups excluding carboxylic acids is 2. The third-order valence-electron chi connectivity index (χ3n) is 3.93. The number of aryl methyl sites for hydroxylation is 1. The molecular weight excluding hydrogens is 426 g/mol. The second-order valence-corrected chi connectivity index (χ2v) is 8.12. The molecule has 0 atom stereocenters. The topological polar surface area (TPSA) is 71.1 Å². The smallest absolute Gasteiger partial charge is 0.226 e. The fourth-order valence-corrected chi connectivity index (χ4v) is 3.98. The molecule has 0 radical (unpaired) electrons. The molecule has 2 N–H and O–H groups in total. The number of nitrogens with zero attached hydrogens (tertiary/aromatic N) is 1. The number of anilines is 2. The second-order valence-electron chi connectivity index (χ2n) is 6.18. The maximum atomic E-state index is 12.2. The number of rotatable bonds is 7. The van der Waals surface area contributed by atoms with Crippen molar-refractivity contribution in [3.8, 4) is 0 Å². The fourth-order valence-electron chi connectivity index (χ4n) is 2.63. The molecule has 0 unspecified atom stereocenters. The Morgan fingerprint density at radius 2 is 1.89 bits per heavy atom. The highest BCUT2D eigenvalue weighted by Crippen LogP contribution is 2.27. The van der Waals surface area contributed by atoms with Gasteiger partial charge in [0.1, 0.15) is 0 Å². The summed E-state index contributed by atoms with van der Waals surface area (Å²) in [6, 6.07) is 13.5. The van der Waals surface area contributed by atoms with E-state index in [1.807, 2.05) is 49.4 Å². The van der Waals surface area contributed by atoms with Crippen LogP contribution in [0.25, 0.3) is 10.2 Å². The van der Waals surface area contributed by atoms with Gasteiger partial charge in [-0.1, -0.05) is 46.3 Å². The van der Waals surface area contributed by atoms with Crippen LogP contribution in [0.5, 0.6) is 0 Å². The number of halogens is 1. The molecule has 0 fully saturated rings. The summed E-state index contributed by atoms with van der Waals surface area (Å²) in [7, 11) is 0. The Bertz CT molecular complexity index is 971. The molecule has 0 aliphatic carbocycles. The largest absolute Gasteiger partial charge is 0.326 e. The van der Waals surface area contributed by atoms with E-state index < -0.39 is 0 Å². The van der Waals surface area contributed by atoms with Gasteiger partial charge >= 0.3 is 0 Å². The van der Waals surface area contributed by atoms with Crippen molar-refractivity contribution in [1.29, 1.82) is 0 Å². The van der Waals surface area contributed by atoms with Crippen LogP contribution >= 0.6 is 27.3 Å². The van der Waals surface area contributed by atoms with Gasteiger partial charge in [0.25, 0.3) is 0 Å². The van der Waals surface area contributed by atoms with Gasteiger partial charge in [-0.3, -0.25) is 9.59 Å². The molecule has 3 aromatic rings. The van der Waals surface area contributed by atoms with Crippen LogP contribution < -0.4 is 10.6 Å². The normalized spacial score (nSPS) is 10.7. The number of aromatic nitrogens is 1. The lowest BCUT2D eigenvalue weighted by Crippen LogP contribution is -2.12. The third-order valence-corrected chi connectivity index (χ3v) is 5.35. The first-order valence-electron chi connectivity index (χ1n) is 8.78. The second kappa shape index (κ2) is 9.10. The van der Waals surface area contributed by atoms with Crippen molar-refractivity contribution >= 4 is 60.1 Å². The number of benzene rings is 2. The number of carbonyl (C=O) groups is 2. The minimum absolute atomic E-state index is 0.0130. The zero-order valence-corrected chi connectivity index (χ0v) is 17.3. The Balaban J connectivity index is 1.60. The van der Waals surface area contributed by atoms with Crippen molar-refractivity contribution in [2.75, 3.05) is 10.6 Å². The molecule has 0 bridgehead atoms. The van der Waals surface area contributed by atoms with Crippen LogP contribution in [0.2, 0.25) is 0 Å². The van der Waals surface area contributed by atoms with Crippen LogP contribution in [0.3, 0.4) is 0 Å². The Hall–Kier alpha value is -2.25.